The molecule has 0 radical (unpaired) electrons. The molecular formula is C20H19ClN2O5. The average Bonchev–Trinajstić information content (AvgIpc) is 2.67. The van der Waals surface area contributed by atoms with Crippen molar-refractivity contribution in [2.24, 2.45) is 0 Å². The predicted molar refractivity (Wildman–Crippen MR) is 105 cm³/mol. The van der Waals surface area contributed by atoms with Crippen molar-refractivity contribution < 1.29 is 23.9 Å². The molecule has 7 nitrogen and oxygen atoms in total. The number of fused-ring (bicyclic) bond motifs is 1. The van der Waals surface area contributed by atoms with Gasteiger partial charge < -0.3 is 19.7 Å². The molecule has 0 saturated carbocycles. The first kappa shape index (κ1) is 19.7. The number of esters is 1. The molecule has 0 aromatic heterocycles. The topological polar surface area (TPSA) is 84.9 Å². The van der Waals surface area contributed by atoms with Gasteiger partial charge in [0, 0.05) is 17.3 Å². The first-order chi connectivity index (χ1) is 13.4. The maximum absolute atomic E-state index is 12.2. The van der Waals surface area contributed by atoms with Crippen molar-refractivity contribution in [3.8, 4) is 5.75 Å². The summed E-state index contributed by atoms with van der Waals surface area (Å²) in [4.78, 5) is 37.9. The molecular weight excluding hydrogens is 384 g/mol. The largest absolute Gasteiger partial charge is 0.482 e. The number of hydrogen-bond donors (Lipinski definition) is 1. The van der Waals surface area contributed by atoms with E-state index in [9.17, 15) is 14.4 Å². The molecule has 1 aliphatic rings. The summed E-state index contributed by atoms with van der Waals surface area (Å²) in [5, 5.41) is 3.12. The van der Waals surface area contributed by atoms with Crippen molar-refractivity contribution in [3.63, 3.8) is 0 Å². The normalized spacial score (nSPS) is 13.9. The van der Waals surface area contributed by atoms with E-state index in [1.54, 1.807) is 48.5 Å². The Bertz CT molecular complexity index is 902. The Hall–Kier alpha value is -3.06. The van der Waals surface area contributed by atoms with Crippen LogP contribution in [-0.4, -0.2) is 37.0 Å². The number of nitrogens with one attached hydrogen (secondary N) is 1. The molecule has 0 fully saturated rings. The van der Waals surface area contributed by atoms with Gasteiger partial charge in [-0.05, 0) is 37.3 Å². The summed E-state index contributed by atoms with van der Waals surface area (Å²) in [5.74, 6) is -0.697. The minimum absolute atomic E-state index is 0.0468. The van der Waals surface area contributed by atoms with Crippen LogP contribution in [0.3, 0.4) is 0 Å². The van der Waals surface area contributed by atoms with Gasteiger partial charge in [0.05, 0.1) is 12.1 Å². The lowest BCUT2D eigenvalue weighted by Crippen LogP contribution is -2.40. The Balaban J connectivity index is 1.53. The minimum Gasteiger partial charge on any atom is -0.482 e. The second-order valence-electron chi connectivity index (χ2n) is 6.18. The zero-order valence-corrected chi connectivity index (χ0v) is 15.9. The molecule has 1 heterocycles. The van der Waals surface area contributed by atoms with E-state index in [1.807, 2.05) is 0 Å². The molecule has 0 aliphatic carbocycles. The Morgan fingerprint density at radius 1 is 1.25 bits per heavy atom. The van der Waals surface area contributed by atoms with Gasteiger partial charge in [0.25, 0.3) is 11.8 Å². The van der Waals surface area contributed by atoms with E-state index in [0.29, 0.717) is 22.1 Å². The second-order valence-corrected chi connectivity index (χ2v) is 6.62. The molecule has 8 heteroatoms. The zero-order chi connectivity index (χ0) is 20.1. The summed E-state index contributed by atoms with van der Waals surface area (Å²) in [5.41, 5.74) is 1.12. The number of carbonyl (C=O) groups excluding carboxylic acids is 3. The molecule has 28 heavy (non-hydrogen) atoms. The highest BCUT2D eigenvalue weighted by Crippen LogP contribution is 2.31. The van der Waals surface area contributed by atoms with E-state index in [4.69, 9.17) is 21.1 Å². The van der Waals surface area contributed by atoms with E-state index in [1.165, 1.54) is 11.8 Å². The number of ether oxygens (including phenoxy) is 2. The van der Waals surface area contributed by atoms with Crippen molar-refractivity contribution in [1.29, 1.82) is 0 Å². The van der Waals surface area contributed by atoms with Crippen LogP contribution >= 0.6 is 11.6 Å². The Morgan fingerprint density at radius 2 is 2.04 bits per heavy atom. The molecule has 2 aromatic rings. The highest BCUT2D eigenvalue weighted by Gasteiger charge is 2.26. The third kappa shape index (κ3) is 4.80. The third-order valence-corrected chi connectivity index (χ3v) is 4.35. The van der Waals surface area contributed by atoms with Crippen molar-refractivity contribution in [3.05, 3.63) is 53.6 Å². The fourth-order valence-electron chi connectivity index (χ4n) is 2.72. The second kappa shape index (κ2) is 8.75. The van der Waals surface area contributed by atoms with Crippen LogP contribution in [0.25, 0.3) is 0 Å². The molecule has 1 aliphatic heterocycles. The maximum Gasteiger partial charge on any atom is 0.308 e. The number of para-hydroxylation sites is 2. The molecule has 146 valence electrons. The highest BCUT2D eigenvalue weighted by molar-refractivity contribution is 6.30. The van der Waals surface area contributed by atoms with E-state index in [-0.39, 0.29) is 25.5 Å². The average molecular weight is 403 g/mol. The highest BCUT2D eigenvalue weighted by atomic mass is 35.5. The van der Waals surface area contributed by atoms with Crippen LogP contribution in [0.15, 0.2) is 48.5 Å². The van der Waals surface area contributed by atoms with E-state index < -0.39 is 18.0 Å². The monoisotopic (exact) mass is 402 g/mol. The Morgan fingerprint density at radius 3 is 2.82 bits per heavy atom. The van der Waals surface area contributed by atoms with Gasteiger partial charge in [-0.1, -0.05) is 29.8 Å². The molecule has 0 bridgehead atoms. The van der Waals surface area contributed by atoms with Crippen molar-refractivity contribution >= 4 is 40.8 Å². The van der Waals surface area contributed by atoms with Crippen LogP contribution in [0.5, 0.6) is 5.75 Å². The molecule has 0 saturated heterocycles. The predicted octanol–water partition coefficient (Wildman–Crippen LogP) is 3.03. The van der Waals surface area contributed by atoms with Crippen molar-refractivity contribution in [2.45, 2.75) is 19.4 Å². The lowest BCUT2D eigenvalue weighted by molar-refractivity contribution is -0.153. The molecule has 2 aromatic carbocycles. The van der Waals surface area contributed by atoms with Crippen LogP contribution in [0.1, 0.15) is 13.3 Å². The van der Waals surface area contributed by atoms with Crippen LogP contribution < -0.4 is 15.0 Å². The van der Waals surface area contributed by atoms with E-state index in [0.717, 1.165) is 0 Å². The molecule has 0 spiro atoms. The van der Waals surface area contributed by atoms with Gasteiger partial charge in [-0.3, -0.25) is 14.4 Å². The number of anilines is 2. The molecule has 2 amide bonds. The zero-order valence-electron chi connectivity index (χ0n) is 15.2. The third-order valence-electron chi connectivity index (χ3n) is 4.12. The molecule has 3 rings (SSSR count). The van der Waals surface area contributed by atoms with Crippen LogP contribution in [0, 0.1) is 0 Å². The number of rotatable bonds is 6. The van der Waals surface area contributed by atoms with E-state index in [2.05, 4.69) is 5.32 Å². The summed E-state index contributed by atoms with van der Waals surface area (Å²) < 4.78 is 10.5. The Labute approximate surface area is 167 Å². The smallest absolute Gasteiger partial charge is 0.308 e. The summed E-state index contributed by atoms with van der Waals surface area (Å²) in [7, 11) is 0. The Kier molecular flexibility index (Phi) is 6.16. The van der Waals surface area contributed by atoms with Gasteiger partial charge in [0.15, 0.2) is 12.7 Å². The van der Waals surface area contributed by atoms with Gasteiger partial charge in [-0.2, -0.15) is 0 Å². The summed E-state index contributed by atoms with van der Waals surface area (Å²) in [6, 6.07) is 13.8. The fraction of sp³-hybridized carbons (Fsp3) is 0.250. The van der Waals surface area contributed by atoms with E-state index >= 15 is 0 Å². The number of hydrogen-bond acceptors (Lipinski definition) is 5. The number of nitrogens with zero attached hydrogens (tertiary/aromatic N) is 1. The summed E-state index contributed by atoms with van der Waals surface area (Å²) >= 11 is 5.88. The number of carbonyl (C=O) groups is 3. The van der Waals surface area contributed by atoms with Crippen molar-refractivity contribution in [2.75, 3.05) is 23.4 Å². The molecule has 0 unspecified atom stereocenters. The SMILES string of the molecule is C[C@@H](OC(=O)CCN1C(=O)COc2ccccc21)C(=O)Nc1cccc(Cl)c1. The number of amides is 2. The summed E-state index contributed by atoms with van der Waals surface area (Å²) in [6.07, 6.45) is -1.03. The fourth-order valence-corrected chi connectivity index (χ4v) is 2.91. The number of halogens is 1. The van der Waals surface area contributed by atoms with Crippen LogP contribution in [-0.2, 0) is 19.1 Å². The first-order valence-electron chi connectivity index (χ1n) is 8.72. The van der Waals surface area contributed by atoms with Gasteiger partial charge in [-0.15, -0.1) is 0 Å². The van der Waals surface area contributed by atoms with Crippen molar-refractivity contribution in [1.82, 2.24) is 0 Å². The lowest BCUT2D eigenvalue weighted by Gasteiger charge is -2.29. The molecule has 1 atom stereocenters. The number of benzene rings is 2. The maximum atomic E-state index is 12.2. The quantitative estimate of drug-likeness (QED) is 0.751. The summed E-state index contributed by atoms with van der Waals surface area (Å²) in [6.45, 7) is 1.54. The van der Waals surface area contributed by atoms with Gasteiger partial charge in [0.2, 0.25) is 0 Å². The van der Waals surface area contributed by atoms with Gasteiger partial charge in [-0.25, -0.2) is 0 Å². The van der Waals surface area contributed by atoms with Gasteiger partial charge >= 0.3 is 5.97 Å². The minimum atomic E-state index is -0.987. The van der Waals surface area contributed by atoms with Gasteiger partial charge in [0.1, 0.15) is 5.75 Å². The standard InChI is InChI=1S/C20H19ClN2O5/c1-13(20(26)22-15-6-4-5-14(21)11-15)28-19(25)9-10-23-16-7-2-3-8-17(16)27-12-18(23)24/h2-8,11,13H,9-10,12H2,1H3,(H,22,26)/t13-/m1/s1. The van der Waals surface area contributed by atoms with Crippen LogP contribution in [0.2, 0.25) is 5.02 Å². The first-order valence-corrected chi connectivity index (χ1v) is 9.10. The van der Waals surface area contributed by atoms with Crippen LogP contribution in [0.4, 0.5) is 11.4 Å². The molecule has 1 N–H and O–H groups in total. The lowest BCUT2D eigenvalue weighted by atomic mass is 10.2.